The SMILES string of the molecule is O=c1ccn(C2C=C[C@@](CO)(c3ccccc3)O2)c(=O)[nH]1. The van der Waals surface area contributed by atoms with Crippen molar-refractivity contribution in [1.82, 2.24) is 9.55 Å². The molecule has 2 aromatic rings. The Morgan fingerprint density at radius 2 is 2.00 bits per heavy atom. The maximum atomic E-state index is 11.8. The molecule has 0 bridgehead atoms. The van der Waals surface area contributed by atoms with Gasteiger partial charge in [0, 0.05) is 12.3 Å². The van der Waals surface area contributed by atoms with Crippen molar-refractivity contribution in [2.24, 2.45) is 0 Å². The van der Waals surface area contributed by atoms with Gasteiger partial charge in [-0.1, -0.05) is 30.3 Å². The molecular formula is C15H14N2O4. The number of nitrogens with zero attached hydrogens (tertiary/aromatic N) is 1. The summed E-state index contributed by atoms with van der Waals surface area (Å²) in [6.45, 7) is -0.248. The van der Waals surface area contributed by atoms with Crippen LogP contribution in [0, 0.1) is 0 Å². The van der Waals surface area contributed by atoms with Crippen LogP contribution < -0.4 is 11.2 Å². The molecule has 1 aromatic carbocycles. The third-order valence-corrected chi connectivity index (χ3v) is 3.48. The summed E-state index contributed by atoms with van der Waals surface area (Å²) in [6, 6.07) is 10.5. The second kappa shape index (κ2) is 5.16. The zero-order valence-electron chi connectivity index (χ0n) is 11.1. The Hall–Kier alpha value is -2.44. The van der Waals surface area contributed by atoms with E-state index in [2.05, 4.69) is 4.98 Å². The first kappa shape index (κ1) is 13.5. The topological polar surface area (TPSA) is 84.3 Å². The van der Waals surface area contributed by atoms with Gasteiger partial charge in [0.2, 0.25) is 0 Å². The van der Waals surface area contributed by atoms with E-state index in [-0.39, 0.29) is 6.61 Å². The van der Waals surface area contributed by atoms with E-state index in [1.165, 1.54) is 16.8 Å². The molecule has 6 nitrogen and oxygen atoms in total. The summed E-state index contributed by atoms with van der Waals surface area (Å²) in [7, 11) is 0. The molecule has 1 aliphatic heterocycles. The average Bonchev–Trinajstić information content (AvgIpc) is 2.94. The Morgan fingerprint density at radius 1 is 1.24 bits per heavy atom. The lowest BCUT2D eigenvalue weighted by Crippen LogP contribution is -2.35. The van der Waals surface area contributed by atoms with Crippen LogP contribution in [0.2, 0.25) is 0 Å². The van der Waals surface area contributed by atoms with Crippen molar-refractivity contribution in [2.75, 3.05) is 6.61 Å². The van der Waals surface area contributed by atoms with Gasteiger partial charge >= 0.3 is 5.69 Å². The molecular weight excluding hydrogens is 272 g/mol. The zero-order chi connectivity index (χ0) is 14.9. The minimum absolute atomic E-state index is 0.248. The van der Waals surface area contributed by atoms with Gasteiger partial charge in [-0.2, -0.15) is 0 Å². The lowest BCUT2D eigenvalue weighted by molar-refractivity contribution is -0.0886. The molecule has 2 atom stereocenters. The van der Waals surface area contributed by atoms with Crippen molar-refractivity contribution in [3.8, 4) is 0 Å². The number of rotatable bonds is 3. The fourth-order valence-electron chi connectivity index (χ4n) is 2.37. The second-order valence-electron chi connectivity index (χ2n) is 4.80. The lowest BCUT2D eigenvalue weighted by Gasteiger charge is -2.27. The normalized spacial score (nSPS) is 24.3. The molecule has 1 aliphatic rings. The fraction of sp³-hybridized carbons (Fsp3) is 0.200. The van der Waals surface area contributed by atoms with Crippen molar-refractivity contribution in [2.45, 2.75) is 11.8 Å². The van der Waals surface area contributed by atoms with E-state index in [0.29, 0.717) is 0 Å². The van der Waals surface area contributed by atoms with Crippen LogP contribution in [0.15, 0.2) is 64.3 Å². The van der Waals surface area contributed by atoms with Crippen molar-refractivity contribution >= 4 is 0 Å². The summed E-state index contributed by atoms with van der Waals surface area (Å²) in [5.41, 5.74) is -1.21. The van der Waals surface area contributed by atoms with E-state index in [0.717, 1.165) is 5.56 Å². The van der Waals surface area contributed by atoms with Crippen LogP contribution in [0.25, 0.3) is 0 Å². The maximum absolute atomic E-state index is 11.8. The molecule has 2 heterocycles. The van der Waals surface area contributed by atoms with Crippen LogP contribution in [-0.4, -0.2) is 21.3 Å². The predicted molar refractivity (Wildman–Crippen MR) is 75.8 cm³/mol. The van der Waals surface area contributed by atoms with Gasteiger partial charge in [0.25, 0.3) is 5.56 Å². The van der Waals surface area contributed by atoms with Gasteiger partial charge in [-0.05, 0) is 17.7 Å². The molecule has 6 heteroatoms. The summed E-state index contributed by atoms with van der Waals surface area (Å²) < 4.78 is 7.13. The molecule has 108 valence electrons. The van der Waals surface area contributed by atoms with Gasteiger partial charge in [0.15, 0.2) is 6.23 Å². The number of aromatic amines is 1. The Labute approximate surface area is 119 Å². The smallest absolute Gasteiger partial charge is 0.330 e. The molecule has 0 amide bonds. The Balaban J connectivity index is 1.96. The highest BCUT2D eigenvalue weighted by molar-refractivity contribution is 5.30. The highest BCUT2D eigenvalue weighted by atomic mass is 16.5. The van der Waals surface area contributed by atoms with E-state index >= 15 is 0 Å². The van der Waals surface area contributed by atoms with E-state index in [1.54, 1.807) is 12.2 Å². The third-order valence-electron chi connectivity index (χ3n) is 3.48. The van der Waals surface area contributed by atoms with Gasteiger partial charge in [-0.25, -0.2) is 4.79 Å². The van der Waals surface area contributed by atoms with Gasteiger partial charge in [0.05, 0.1) is 6.61 Å². The molecule has 0 saturated heterocycles. The van der Waals surface area contributed by atoms with Crippen molar-refractivity contribution in [3.05, 3.63) is 81.1 Å². The van der Waals surface area contributed by atoms with E-state index in [4.69, 9.17) is 4.74 Å². The number of benzene rings is 1. The average molecular weight is 286 g/mol. The number of aliphatic hydroxyl groups excluding tert-OH is 1. The number of nitrogens with one attached hydrogen (secondary N) is 1. The van der Waals surface area contributed by atoms with Gasteiger partial charge in [-0.15, -0.1) is 0 Å². The first-order chi connectivity index (χ1) is 10.1. The third kappa shape index (κ3) is 2.35. The second-order valence-corrected chi connectivity index (χ2v) is 4.80. The van der Waals surface area contributed by atoms with Crippen LogP contribution in [0.3, 0.4) is 0 Å². The molecule has 0 spiro atoms. The quantitative estimate of drug-likeness (QED) is 0.805. The monoisotopic (exact) mass is 286 g/mol. The molecule has 1 aromatic heterocycles. The van der Waals surface area contributed by atoms with Crippen LogP contribution in [-0.2, 0) is 10.3 Å². The van der Waals surface area contributed by atoms with Crippen LogP contribution in [0.5, 0.6) is 0 Å². The molecule has 0 radical (unpaired) electrons. The first-order valence-corrected chi connectivity index (χ1v) is 6.50. The Kier molecular flexibility index (Phi) is 3.32. The molecule has 0 fully saturated rings. The Morgan fingerprint density at radius 3 is 2.67 bits per heavy atom. The Bertz CT molecular complexity index is 778. The summed E-state index contributed by atoms with van der Waals surface area (Å²) in [5.74, 6) is 0. The number of H-pyrrole nitrogens is 1. The summed E-state index contributed by atoms with van der Waals surface area (Å²) in [4.78, 5) is 25.1. The first-order valence-electron chi connectivity index (χ1n) is 6.50. The van der Waals surface area contributed by atoms with Crippen LogP contribution in [0.1, 0.15) is 11.8 Å². The molecule has 2 N–H and O–H groups in total. The number of hydrogen-bond acceptors (Lipinski definition) is 4. The van der Waals surface area contributed by atoms with Crippen molar-refractivity contribution in [1.29, 1.82) is 0 Å². The predicted octanol–water partition coefficient (Wildman–Crippen LogP) is 0.509. The summed E-state index contributed by atoms with van der Waals surface area (Å²) in [5, 5.41) is 9.73. The van der Waals surface area contributed by atoms with E-state index in [9.17, 15) is 14.7 Å². The highest BCUT2D eigenvalue weighted by Gasteiger charge is 2.37. The standard InChI is InChI=1S/C15H14N2O4/c18-10-15(11-4-2-1-3-5-11)8-6-13(21-15)17-9-7-12(19)16-14(17)20/h1-9,13,18H,10H2,(H,16,19,20)/t13?,15-/m1/s1. The molecule has 0 aliphatic carbocycles. The van der Waals surface area contributed by atoms with E-state index in [1.807, 2.05) is 30.3 Å². The van der Waals surface area contributed by atoms with Crippen molar-refractivity contribution in [3.63, 3.8) is 0 Å². The van der Waals surface area contributed by atoms with Crippen LogP contribution >= 0.6 is 0 Å². The molecule has 1 unspecified atom stereocenters. The maximum Gasteiger partial charge on any atom is 0.330 e. The summed E-state index contributed by atoms with van der Waals surface area (Å²) >= 11 is 0. The highest BCUT2D eigenvalue weighted by Crippen LogP contribution is 2.37. The minimum atomic E-state index is -0.985. The molecule has 0 saturated carbocycles. The zero-order valence-corrected chi connectivity index (χ0v) is 11.1. The number of aliphatic hydroxyl groups is 1. The largest absolute Gasteiger partial charge is 0.393 e. The van der Waals surface area contributed by atoms with Gasteiger partial charge in [-0.3, -0.25) is 14.3 Å². The van der Waals surface area contributed by atoms with Gasteiger partial charge in [0.1, 0.15) is 5.60 Å². The van der Waals surface area contributed by atoms with E-state index < -0.39 is 23.1 Å². The molecule has 21 heavy (non-hydrogen) atoms. The number of ether oxygens (including phenoxy) is 1. The number of aromatic nitrogens is 2. The lowest BCUT2D eigenvalue weighted by atomic mass is 9.95. The summed E-state index contributed by atoms with van der Waals surface area (Å²) in [6.07, 6.45) is 4.10. The van der Waals surface area contributed by atoms with Crippen LogP contribution in [0.4, 0.5) is 0 Å². The number of hydrogen-bond donors (Lipinski definition) is 2. The fourth-order valence-corrected chi connectivity index (χ4v) is 2.37. The van der Waals surface area contributed by atoms with Crippen molar-refractivity contribution < 1.29 is 9.84 Å². The van der Waals surface area contributed by atoms with Gasteiger partial charge < -0.3 is 9.84 Å². The molecule has 3 rings (SSSR count). The minimum Gasteiger partial charge on any atom is -0.393 e.